The van der Waals surface area contributed by atoms with Crippen molar-refractivity contribution in [3.63, 3.8) is 0 Å². The largest absolute Gasteiger partial charge is 0.340 e. The van der Waals surface area contributed by atoms with Gasteiger partial charge in [-0.3, -0.25) is 9.69 Å². The highest BCUT2D eigenvalue weighted by Gasteiger charge is 2.26. The number of nitrogens with zero attached hydrogens (tertiary/aromatic N) is 2. The van der Waals surface area contributed by atoms with E-state index in [2.05, 4.69) is 28.2 Å². The van der Waals surface area contributed by atoms with E-state index in [4.69, 9.17) is 0 Å². The van der Waals surface area contributed by atoms with Crippen LogP contribution >= 0.6 is 0 Å². The number of amides is 1. The molecule has 2 aromatic carbocycles. The predicted octanol–water partition coefficient (Wildman–Crippen LogP) is 4.71. The highest BCUT2D eigenvalue weighted by molar-refractivity contribution is 6.09. The van der Waals surface area contributed by atoms with Crippen LogP contribution in [-0.4, -0.2) is 17.4 Å². The third kappa shape index (κ3) is 3.35. The molecule has 28 heavy (non-hydrogen) atoms. The Labute approximate surface area is 165 Å². The summed E-state index contributed by atoms with van der Waals surface area (Å²) in [5, 5.41) is 3.39. The SMILES string of the molecule is CC#CCN1C(=O)c2ccccc2Cc2cc(Nc3ncccc3C)ccc21. The number of hydrogen-bond donors (Lipinski definition) is 1. The zero-order chi connectivity index (χ0) is 19.5. The Morgan fingerprint density at radius 3 is 2.79 bits per heavy atom. The van der Waals surface area contributed by atoms with Crippen LogP contribution in [-0.2, 0) is 6.42 Å². The van der Waals surface area contributed by atoms with E-state index in [-0.39, 0.29) is 5.91 Å². The van der Waals surface area contributed by atoms with Crippen molar-refractivity contribution in [2.45, 2.75) is 20.3 Å². The van der Waals surface area contributed by atoms with Crippen LogP contribution in [0.25, 0.3) is 0 Å². The number of anilines is 3. The molecule has 0 atom stereocenters. The quantitative estimate of drug-likeness (QED) is 0.682. The van der Waals surface area contributed by atoms with Gasteiger partial charge < -0.3 is 5.32 Å². The first-order valence-corrected chi connectivity index (χ1v) is 9.28. The summed E-state index contributed by atoms with van der Waals surface area (Å²) in [5.74, 6) is 6.77. The van der Waals surface area contributed by atoms with Gasteiger partial charge >= 0.3 is 0 Å². The molecule has 1 N–H and O–H groups in total. The Balaban J connectivity index is 1.78. The fourth-order valence-corrected chi connectivity index (χ4v) is 3.48. The molecule has 1 aliphatic rings. The number of hydrogen-bond acceptors (Lipinski definition) is 3. The van der Waals surface area contributed by atoms with E-state index < -0.39 is 0 Å². The maximum atomic E-state index is 13.2. The minimum Gasteiger partial charge on any atom is -0.340 e. The number of aromatic nitrogens is 1. The second-order valence-electron chi connectivity index (χ2n) is 6.79. The van der Waals surface area contributed by atoms with Gasteiger partial charge in [-0.15, -0.1) is 5.92 Å². The topological polar surface area (TPSA) is 45.2 Å². The molecule has 1 aromatic heterocycles. The number of carbonyl (C=O) groups excluding carboxylic acids is 1. The number of benzene rings is 2. The Kier molecular flexibility index (Phi) is 4.82. The molecule has 0 bridgehead atoms. The van der Waals surface area contributed by atoms with Gasteiger partial charge in [0.05, 0.1) is 6.54 Å². The van der Waals surface area contributed by atoms with Crippen molar-refractivity contribution >= 4 is 23.1 Å². The second-order valence-corrected chi connectivity index (χ2v) is 6.79. The van der Waals surface area contributed by atoms with Crippen LogP contribution in [0.4, 0.5) is 17.2 Å². The summed E-state index contributed by atoms with van der Waals surface area (Å²) in [6.45, 7) is 4.20. The summed E-state index contributed by atoms with van der Waals surface area (Å²) in [7, 11) is 0. The molecule has 1 aliphatic heterocycles. The predicted molar refractivity (Wildman–Crippen MR) is 113 cm³/mol. The smallest absolute Gasteiger partial charge is 0.259 e. The monoisotopic (exact) mass is 367 g/mol. The van der Waals surface area contributed by atoms with Crippen molar-refractivity contribution in [2.24, 2.45) is 0 Å². The molecule has 0 saturated carbocycles. The molecule has 0 spiro atoms. The maximum absolute atomic E-state index is 13.2. The lowest BCUT2D eigenvalue weighted by atomic mass is 10.00. The minimum atomic E-state index is -0.00150. The fraction of sp³-hybridized carbons (Fsp3) is 0.167. The number of nitrogens with one attached hydrogen (secondary N) is 1. The summed E-state index contributed by atoms with van der Waals surface area (Å²) in [5.41, 5.74) is 5.81. The average molecular weight is 367 g/mol. The van der Waals surface area contributed by atoms with Gasteiger partial charge in [-0.25, -0.2) is 4.98 Å². The van der Waals surface area contributed by atoms with Crippen molar-refractivity contribution in [1.29, 1.82) is 0 Å². The van der Waals surface area contributed by atoms with E-state index >= 15 is 0 Å². The fourth-order valence-electron chi connectivity index (χ4n) is 3.48. The lowest BCUT2D eigenvalue weighted by Crippen LogP contribution is -2.31. The highest BCUT2D eigenvalue weighted by atomic mass is 16.2. The van der Waals surface area contributed by atoms with Gasteiger partial charge in [0.15, 0.2) is 0 Å². The Hall–Kier alpha value is -3.58. The van der Waals surface area contributed by atoms with Crippen molar-refractivity contribution in [3.05, 3.63) is 83.0 Å². The molecule has 1 amide bonds. The summed E-state index contributed by atoms with van der Waals surface area (Å²) < 4.78 is 0. The van der Waals surface area contributed by atoms with Crippen LogP contribution in [0.3, 0.4) is 0 Å². The van der Waals surface area contributed by atoms with Crippen LogP contribution in [0.1, 0.15) is 34.0 Å². The van der Waals surface area contributed by atoms with Crippen molar-refractivity contribution in [3.8, 4) is 11.8 Å². The molecule has 4 heteroatoms. The van der Waals surface area contributed by atoms with E-state index in [0.717, 1.165) is 39.4 Å². The van der Waals surface area contributed by atoms with E-state index in [1.165, 1.54) is 0 Å². The molecule has 138 valence electrons. The van der Waals surface area contributed by atoms with Gasteiger partial charge in [0, 0.05) is 29.6 Å². The third-order valence-electron chi connectivity index (χ3n) is 4.93. The lowest BCUT2D eigenvalue weighted by Gasteiger charge is -2.21. The van der Waals surface area contributed by atoms with Crippen LogP contribution in [0.15, 0.2) is 60.8 Å². The molecule has 0 radical (unpaired) electrons. The first-order valence-electron chi connectivity index (χ1n) is 9.28. The number of pyridine rings is 1. The van der Waals surface area contributed by atoms with Gasteiger partial charge in [0.25, 0.3) is 5.91 Å². The Morgan fingerprint density at radius 2 is 1.96 bits per heavy atom. The van der Waals surface area contributed by atoms with Gasteiger partial charge in [0.2, 0.25) is 0 Å². The lowest BCUT2D eigenvalue weighted by molar-refractivity contribution is 0.0990. The zero-order valence-corrected chi connectivity index (χ0v) is 16.0. The molecule has 3 aromatic rings. The van der Waals surface area contributed by atoms with Crippen LogP contribution in [0.5, 0.6) is 0 Å². The maximum Gasteiger partial charge on any atom is 0.259 e. The van der Waals surface area contributed by atoms with Crippen molar-refractivity contribution < 1.29 is 4.79 Å². The summed E-state index contributed by atoms with van der Waals surface area (Å²) >= 11 is 0. The molecular weight excluding hydrogens is 346 g/mol. The average Bonchev–Trinajstić information content (AvgIpc) is 2.82. The number of fused-ring (bicyclic) bond motifs is 2. The summed E-state index contributed by atoms with van der Waals surface area (Å²) in [4.78, 5) is 19.3. The summed E-state index contributed by atoms with van der Waals surface area (Å²) in [6.07, 6.45) is 2.48. The molecule has 0 saturated heterocycles. The zero-order valence-electron chi connectivity index (χ0n) is 16.0. The Morgan fingerprint density at radius 1 is 1.11 bits per heavy atom. The molecule has 0 fully saturated rings. The first-order chi connectivity index (χ1) is 13.7. The van der Waals surface area contributed by atoms with E-state index in [9.17, 15) is 4.79 Å². The van der Waals surface area contributed by atoms with Crippen LogP contribution in [0.2, 0.25) is 0 Å². The van der Waals surface area contributed by atoms with Gasteiger partial charge in [-0.1, -0.05) is 30.2 Å². The minimum absolute atomic E-state index is 0.00150. The van der Waals surface area contributed by atoms with Crippen molar-refractivity contribution in [2.75, 3.05) is 16.8 Å². The van der Waals surface area contributed by atoms with Gasteiger partial charge in [-0.05, 0) is 60.9 Å². The first kappa shape index (κ1) is 17.8. The number of carbonyl (C=O) groups is 1. The molecule has 4 rings (SSSR count). The number of aryl methyl sites for hydroxylation is 1. The Bertz CT molecular complexity index is 1110. The highest BCUT2D eigenvalue weighted by Crippen LogP contribution is 2.33. The number of rotatable bonds is 3. The molecule has 0 aliphatic carbocycles. The van der Waals surface area contributed by atoms with Gasteiger partial charge in [-0.2, -0.15) is 0 Å². The van der Waals surface area contributed by atoms with Crippen LogP contribution in [0, 0.1) is 18.8 Å². The normalized spacial score (nSPS) is 12.4. The molecule has 0 unspecified atom stereocenters. The second kappa shape index (κ2) is 7.58. The third-order valence-corrected chi connectivity index (χ3v) is 4.93. The molecular formula is C24H21N3O. The van der Waals surface area contributed by atoms with Crippen LogP contribution < -0.4 is 10.2 Å². The van der Waals surface area contributed by atoms with Gasteiger partial charge in [0.1, 0.15) is 5.82 Å². The molecule has 2 heterocycles. The van der Waals surface area contributed by atoms with E-state index in [1.807, 2.05) is 55.5 Å². The van der Waals surface area contributed by atoms with Crippen molar-refractivity contribution in [1.82, 2.24) is 4.98 Å². The molecule has 4 nitrogen and oxygen atoms in total. The van der Waals surface area contributed by atoms with E-state index in [0.29, 0.717) is 13.0 Å². The summed E-state index contributed by atoms with van der Waals surface area (Å²) in [6, 6.07) is 17.8. The van der Waals surface area contributed by atoms with E-state index in [1.54, 1.807) is 18.0 Å². The standard InChI is InChI=1S/C24H21N3O/c1-3-4-14-27-22-12-11-20(26-23-17(2)8-7-13-25-23)16-19(22)15-18-9-5-6-10-21(18)24(27)28/h5-13,16H,14-15H2,1-2H3,(H,25,26).